The van der Waals surface area contributed by atoms with Crippen molar-refractivity contribution in [2.45, 2.75) is 20.3 Å². The highest BCUT2D eigenvalue weighted by Gasteiger charge is 1.92. The van der Waals surface area contributed by atoms with Crippen LogP contribution in [0.5, 0.6) is 0 Å². The molecule has 0 amide bonds. The summed E-state index contributed by atoms with van der Waals surface area (Å²) in [4.78, 5) is 0. The first-order chi connectivity index (χ1) is 6.29. The van der Waals surface area contributed by atoms with E-state index in [4.69, 9.17) is 4.42 Å². The number of allylic oxidation sites excluding steroid dienone is 1. The summed E-state index contributed by atoms with van der Waals surface area (Å²) in [5.41, 5.74) is 1.35. The Bertz CT molecular complexity index is 245. The highest BCUT2D eigenvalue weighted by atomic mass is 16.3. The maximum atomic E-state index is 5.21. The lowest BCUT2D eigenvalue weighted by Gasteiger charge is -1.99. The first-order valence-electron chi connectivity index (χ1n) is 4.65. The molecule has 1 aromatic rings. The van der Waals surface area contributed by atoms with E-state index in [1.54, 1.807) is 6.26 Å². The normalized spacial score (nSPS) is 10.0. The van der Waals surface area contributed by atoms with Gasteiger partial charge in [0.15, 0.2) is 0 Å². The fraction of sp³-hybridized carbons (Fsp3) is 0.455. The second-order valence-electron chi connectivity index (χ2n) is 3.31. The van der Waals surface area contributed by atoms with Gasteiger partial charge in [-0.15, -0.1) is 0 Å². The lowest BCUT2D eigenvalue weighted by atomic mass is 10.3. The maximum Gasteiger partial charge on any atom is 0.105 e. The Morgan fingerprint density at radius 1 is 1.54 bits per heavy atom. The minimum absolute atomic E-state index is 0.947. The third kappa shape index (κ3) is 4.53. The van der Waals surface area contributed by atoms with Crippen molar-refractivity contribution in [2.75, 3.05) is 13.1 Å². The summed E-state index contributed by atoms with van der Waals surface area (Å²) in [7, 11) is 0. The third-order valence-electron chi connectivity index (χ3n) is 1.78. The van der Waals surface area contributed by atoms with Gasteiger partial charge >= 0.3 is 0 Å². The standard InChI is InChI=1S/C11H17NO/c1-10(2)5-7-12-8-6-11-4-3-9-13-11/h3-5,9,12H,6-8H2,1-2H3. The SMILES string of the molecule is CC(C)=CCNCCc1ccco1. The molecular formula is C11H17NO. The molecule has 0 radical (unpaired) electrons. The Kier molecular flexibility index (Phi) is 4.33. The average Bonchev–Trinajstić information content (AvgIpc) is 2.55. The van der Waals surface area contributed by atoms with E-state index in [9.17, 15) is 0 Å². The molecule has 0 bridgehead atoms. The highest BCUT2D eigenvalue weighted by Crippen LogP contribution is 1.99. The zero-order chi connectivity index (χ0) is 9.52. The molecule has 2 nitrogen and oxygen atoms in total. The maximum absolute atomic E-state index is 5.21. The molecule has 13 heavy (non-hydrogen) atoms. The predicted octanol–water partition coefficient (Wildman–Crippen LogP) is 2.38. The molecule has 72 valence electrons. The molecule has 2 heteroatoms. The summed E-state index contributed by atoms with van der Waals surface area (Å²) in [6.07, 6.45) is 4.86. The van der Waals surface area contributed by atoms with Crippen LogP contribution in [0.1, 0.15) is 19.6 Å². The van der Waals surface area contributed by atoms with Gasteiger partial charge in [0.25, 0.3) is 0 Å². The number of hydrogen-bond acceptors (Lipinski definition) is 2. The Morgan fingerprint density at radius 3 is 3.00 bits per heavy atom. The van der Waals surface area contributed by atoms with Crippen molar-refractivity contribution in [3.63, 3.8) is 0 Å². The van der Waals surface area contributed by atoms with Crippen LogP contribution in [0.3, 0.4) is 0 Å². The Labute approximate surface area is 79.6 Å². The van der Waals surface area contributed by atoms with Crippen molar-refractivity contribution in [3.05, 3.63) is 35.8 Å². The van der Waals surface area contributed by atoms with Crippen LogP contribution < -0.4 is 5.32 Å². The fourth-order valence-corrected chi connectivity index (χ4v) is 1.04. The summed E-state index contributed by atoms with van der Waals surface area (Å²) in [5, 5.41) is 3.32. The van der Waals surface area contributed by atoms with Crippen LogP contribution in [-0.4, -0.2) is 13.1 Å². The van der Waals surface area contributed by atoms with Gasteiger partial charge in [0, 0.05) is 19.5 Å². The van der Waals surface area contributed by atoms with Crippen molar-refractivity contribution in [1.82, 2.24) is 5.32 Å². The monoisotopic (exact) mass is 179 g/mol. The van der Waals surface area contributed by atoms with Gasteiger partial charge in [-0.2, -0.15) is 0 Å². The highest BCUT2D eigenvalue weighted by molar-refractivity contribution is 4.99. The van der Waals surface area contributed by atoms with Gasteiger partial charge in [0.2, 0.25) is 0 Å². The molecular weight excluding hydrogens is 162 g/mol. The Hall–Kier alpha value is -1.02. The molecule has 0 spiro atoms. The van der Waals surface area contributed by atoms with Gasteiger partial charge in [0.1, 0.15) is 5.76 Å². The topological polar surface area (TPSA) is 25.2 Å². The quantitative estimate of drug-likeness (QED) is 0.554. The van der Waals surface area contributed by atoms with Gasteiger partial charge in [-0.3, -0.25) is 0 Å². The molecule has 0 fully saturated rings. The Morgan fingerprint density at radius 2 is 2.38 bits per heavy atom. The van der Waals surface area contributed by atoms with Crippen LogP contribution in [0, 0.1) is 0 Å². The molecule has 0 aliphatic heterocycles. The fourth-order valence-electron chi connectivity index (χ4n) is 1.04. The van der Waals surface area contributed by atoms with Crippen LogP contribution in [0.15, 0.2) is 34.5 Å². The average molecular weight is 179 g/mol. The number of hydrogen-bond donors (Lipinski definition) is 1. The van der Waals surface area contributed by atoms with Crippen LogP contribution >= 0.6 is 0 Å². The van der Waals surface area contributed by atoms with E-state index >= 15 is 0 Å². The zero-order valence-corrected chi connectivity index (χ0v) is 8.34. The van der Waals surface area contributed by atoms with Gasteiger partial charge in [0.05, 0.1) is 6.26 Å². The molecule has 1 N–H and O–H groups in total. The molecule has 0 aliphatic rings. The van der Waals surface area contributed by atoms with Crippen LogP contribution in [0.2, 0.25) is 0 Å². The first-order valence-corrected chi connectivity index (χ1v) is 4.65. The third-order valence-corrected chi connectivity index (χ3v) is 1.78. The summed E-state index contributed by atoms with van der Waals surface area (Å²) in [6.45, 7) is 6.13. The molecule has 1 rings (SSSR count). The van der Waals surface area contributed by atoms with Crippen molar-refractivity contribution >= 4 is 0 Å². The number of nitrogens with one attached hydrogen (secondary N) is 1. The number of furan rings is 1. The van der Waals surface area contributed by atoms with Crippen molar-refractivity contribution in [3.8, 4) is 0 Å². The van der Waals surface area contributed by atoms with Gasteiger partial charge in [-0.1, -0.05) is 11.6 Å². The van der Waals surface area contributed by atoms with Gasteiger partial charge in [-0.05, 0) is 26.0 Å². The van der Waals surface area contributed by atoms with Crippen LogP contribution in [-0.2, 0) is 6.42 Å². The minimum atomic E-state index is 0.947. The minimum Gasteiger partial charge on any atom is -0.469 e. The lowest BCUT2D eigenvalue weighted by Crippen LogP contribution is -2.16. The largest absolute Gasteiger partial charge is 0.469 e. The molecule has 0 atom stereocenters. The molecule has 1 aromatic heterocycles. The van der Waals surface area contributed by atoms with E-state index < -0.39 is 0 Å². The smallest absolute Gasteiger partial charge is 0.105 e. The summed E-state index contributed by atoms with van der Waals surface area (Å²) >= 11 is 0. The molecule has 0 saturated carbocycles. The van der Waals surface area contributed by atoms with E-state index in [1.165, 1.54) is 5.57 Å². The predicted molar refractivity (Wildman–Crippen MR) is 54.7 cm³/mol. The van der Waals surface area contributed by atoms with Crippen molar-refractivity contribution in [2.24, 2.45) is 0 Å². The molecule has 0 aromatic carbocycles. The van der Waals surface area contributed by atoms with E-state index in [2.05, 4.69) is 25.2 Å². The van der Waals surface area contributed by atoms with Gasteiger partial charge < -0.3 is 9.73 Å². The molecule has 0 aliphatic carbocycles. The second-order valence-corrected chi connectivity index (χ2v) is 3.31. The molecule has 0 unspecified atom stereocenters. The van der Waals surface area contributed by atoms with Crippen molar-refractivity contribution in [1.29, 1.82) is 0 Å². The zero-order valence-electron chi connectivity index (χ0n) is 8.34. The van der Waals surface area contributed by atoms with E-state index in [1.807, 2.05) is 12.1 Å². The summed E-state index contributed by atoms with van der Waals surface area (Å²) < 4.78 is 5.21. The van der Waals surface area contributed by atoms with E-state index in [0.29, 0.717) is 0 Å². The lowest BCUT2D eigenvalue weighted by molar-refractivity contribution is 0.502. The first kappa shape index (κ1) is 10.1. The van der Waals surface area contributed by atoms with Crippen LogP contribution in [0.25, 0.3) is 0 Å². The van der Waals surface area contributed by atoms with Crippen LogP contribution in [0.4, 0.5) is 0 Å². The van der Waals surface area contributed by atoms with E-state index in [0.717, 1.165) is 25.3 Å². The summed E-state index contributed by atoms with van der Waals surface area (Å²) in [5.74, 6) is 1.05. The Balaban J connectivity index is 2.05. The second kappa shape index (κ2) is 5.60. The molecule has 1 heterocycles. The van der Waals surface area contributed by atoms with Crippen molar-refractivity contribution < 1.29 is 4.42 Å². The number of rotatable bonds is 5. The van der Waals surface area contributed by atoms with E-state index in [-0.39, 0.29) is 0 Å². The summed E-state index contributed by atoms with van der Waals surface area (Å²) in [6, 6.07) is 3.92. The molecule has 0 saturated heterocycles. The van der Waals surface area contributed by atoms with Gasteiger partial charge in [-0.25, -0.2) is 0 Å².